The van der Waals surface area contributed by atoms with E-state index in [1.807, 2.05) is 0 Å². The lowest BCUT2D eigenvalue weighted by atomic mass is 9.74. The van der Waals surface area contributed by atoms with Crippen LogP contribution in [0.1, 0.15) is 53.9 Å². The minimum absolute atomic E-state index is 0.00422. The molecule has 0 aromatic heterocycles. The topological polar surface area (TPSA) is 108 Å². The maximum Gasteiger partial charge on any atom is 0.426 e. The highest BCUT2D eigenvalue weighted by molar-refractivity contribution is 5.87. The third-order valence-electron chi connectivity index (χ3n) is 5.79. The lowest BCUT2D eigenvalue weighted by Gasteiger charge is -2.42. The molecule has 0 radical (unpaired) electrons. The maximum atomic E-state index is 13.0. The van der Waals surface area contributed by atoms with E-state index in [-0.39, 0.29) is 30.8 Å². The van der Waals surface area contributed by atoms with Crippen molar-refractivity contribution in [2.45, 2.75) is 71.3 Å². The molecule has 2 aliphatic rings. The van der Waals surface area contributed by atoms with Crippen LogP contribution in [0.4, 0.5) is 18.0 Å². The van der Waals surface area contributed by atoms with Gasteiger partial charge in [0, 0.05) is 13.1 Å². The van der Waals surface area contributed by atoms with E-state index in [0.29, 0.717) is 26.2 Å². The molecule has 3 N–H and O–H groups in total. The standard InChI is InChI=1S/C19H30F3N3O5/c1-11-10-25(14(27)17(5,29)19(20,21)22)9-6-12(11)18(7-8-18)13(26)23-24-15(28)30-16(2,3)4/h11-12,29H,6-10H2,1-5H3,(H,23,26)(H,24,28)/t11?,12?,17-/m1/s1. The second kappa shape index (κ2) is 7.90. The fourth-order valence-corrected chi connectivity index (χ4v) is 4.02. The summed E-state index contributed by atoms with van der Waals surface area (Å²) in [5.74, 6) is -2.20. The van der Waals surface area contributed by atoms with Crippen LogP contribution < -0.4 is 10.9 Å². The van der Waals surface area contributed by atoms with E-state index in [4.69, 9.17) is 4.74 Å². The fourth-order valence-electron chi connectivity index (χ4n) is 4.02. The van der Waals surface area contributed by atoms with E-state index < -0.39 is 34.8 Å². The van der Waals surface area contributed by atoms with E-state index in [0.717, 1.165) is 4.90 Å². The molecule has 3 atom stereocenters. The van der Waals surface area contributed by atoms with Gasteiger partial charge in [-0.2, -0.15) is 13.2 Å². The molecule has 1 aliphatic carbocycles. The van der Waals surface area contributed by atoms with Crippen molar-refractivity contribution in [3.05, 3.63) is 0 Å². The van der Waals surface area contributed by atoms with Gasteiger partial charge in [-0.05, 0) is 58.8 Å². The number of amides is 3. The van der Waals surface area contributed by atoms with Crippen LogP contribution in [0.5, 0.6) is 0 Å². The largest absolute Gasteiger partial charge is 0.443 e. The SMILES string of the molecule is CC1CN(C(=O)[C@@](C)(O)C(F)(F)F)CCC1C1(C(=O)NNC(=O)OC(C)(C)C)CC1. The summed E-state index contributed by atoms with van der Waals surface area (Å²) in [5.41, 5.74) is -0.327. The number of carbonyl (C=O) groups is 3. The van der Waals surface area contributed by atoms with Gasteiger partial charge in [-0.25, -0.2) is 10.2 Å². The molecular weight excluding hydrogens is 407 g/mol. The molecule has 0 bridgehead atoms. The summed E-state index contributed by atoms with van der Waals surface area (Å²) >= 11 is 0. The third kappa shape index (κ3) is 4.98. The molecule has 8 nitrogen and oxygen atoms in total. The molecular formula is C19H30F3N3O5. The summed E-state index contributed by atoms with van der Waals surface area (Å²) in [4.78, 5) is 37.7. The van der Waals surface area contributed by atoms with Crippen LogP contribution in [0.25, 0.3) is 0 Å². The van der Waals surface area contributed by atoms with Gasteiger partial charge in [-0.1, -0.05) is 6.92 Å². The van der Waals surface area contributed by atoms with Crippen molar-refractivity contribution in [3.63, 3.8) is 0 Å². The molecule has 1 aliphatic heterocycles. The predicted molar refractivity (Wildman–Crippen MR) is 99.7 cm³/mol. The number of nitrogens with zero attached hydrogens (tertiary/aromatic N) is 1. The highest BCUT2D eigenvalue weighted by Gasteiger charge is 2.60. The monoisotopic (exact) mass is 437 g/mol. The first-order valence-electron chi connectivity index (χ1n) is 9.89. The van der Waals surface area contributed by atoms with Crippen molar-refractivity contribution < 1.29 is 37.4 Å². The van der Waals surface area contributed by atoms with Gasteiger partial charge < -0.3 is 14.7 Å². The van der Waals surface area contributed by atoms with Gasteiger partial charge in [0.25, 0.3) is 5.91 Å². The summed E-state index contributed by atoms with van der Waals surface area (Å²) in [6.45, 7) is 7.28. The zero-order valence-electron chi connectivity index (χ0n) is 17.9. The summed E-state index contributed by atoms with van der Waals surface area (Å²) in [7, 11) is 0. The minimum Gasteiger partial charge on any atom is -0.443 e. The molecule has 0 aromatic rings. The number of nitrogens with one attached hydrogen (secondary N) is 2. The summed E-state index contributed by atoms with van der Waals surface area (Å²) in [6, 6.07) is 0. The third-order valence-corrected chi connectivity index (χ3v) is 5.79. The van der Waals surface area contributed by atoms with Crippen LogP contribution in [0.2, 0.25) is 0 Å². The van der Waals surface area contributed by atoms with Crippen molar-refractivity contribution in [1.82, 2.24) is 15.8 Å². The summed E-state index contributed by atoms with van der Waals surface area (Å²) < 4.78 is 44.0. The van der Waals surface area contributed by atoms with Crippen LogP contribution in [-0.2, 0) is 14.3 Å². The maximum absolute atomic E-state index is 13.0. The number of rotatable bonds is 3. The van der Waals surface area contributed by atoms with E-state index in [2.05, 4.69) is 10.9 Å². The zero-order valence-corrected chi connectivity index (χ0v) is 17.9. The lowest BCUT2D eigenvalue weighted by molar-refractivity contribution is -0.251. The van der Waals surface area contributed by atoms with Crippen molar-refractivity contribution >= 4 is 17.9 Å². The molecule has 172 valence electrons. The Labute approximate surface area is 173 Å². The first-order valence-corrected chi connectivity index (χ1v) is 9.89. The molecule has 1 saturated carbocycles. The van der Waals surface area contributed by atoms with Crippen LogP contribution >= 0.6 is 0 Å². The first-order chi connectivity index (χ1) is 13.5. The minimum atomic E-state index is -5.07. The molecule has 0 aromatic carbocycles. The zero-order chi connectivity index (χ0) is 23.1. The molecule has 1 saturated heterocycles. The molecule has 0 spiro atoms. The number of ether oxygens (including phenoxy) is 1. The molecule has 1 heterocycles. The number of piperidine rings is 1. The molecule has 2 fully saturated rings. The summed E-state index contributed by atoms with van der Waals surface area (Å²) in [6.07, 6.45) is -4.39. The first kappa shape index (κ1) is 24.2. The Morgan fingerprint density at radius 2 is 1.67 bits per heavy atom. The number of hydrogen-bond donors (Lipinski definition) is 3. The van der Waals surface area contributed by atoms with E-state index in [1.54, 1.807) is 27.7 Å². The number of hydrazine groups is 1. The van der Waals surface area contributed by atoms with E-state index >= 15 is 0 Å². The number of hydrogen-bond acceptors (Lipinski definition) is 5. The van der Waals surface area contributed by atoms with Gasteiger partial charge in [0.05, 0.1) is 5.41 Å². The van der Waals surface area contributed by atoms with Crippen LogP contribution in [0.15, 0.2) is 0 Å². The Morgan fingerprint density at radius 1 is 1.10 bits per heavy atom. The van der Waals surface area contributed by atoms with Gasteiger partial charge in [0.1, 0.15) is 5.60 Å². The van der Waals surface area contributed by atoms with Crippen LogP contribution in [0, 0.1) is 17.3 Å². The van der Waals surface area contributed by atoms with Crippen molar-refractivity contribution in [1.29, 1.82) is 0 Å². The normalized spacial score (nSPS) is 25.7. The van der Waals surface area contributed by atoms with Crippen LogP contribution in [-0.4, -0.2) is 58.4 Å². The second-order valence-electron chi connectivity index (χ2n) is 9.43. The van der Waals surface area contributed by atoms with E-state index in [1.165, 1.54) is 0 Å². The number of halogens is 3. The lowest BCUT2D eigenvalue weighted by Crippen LogP contribution is -2.59. The molecule has 30 heavy (non-hydrogen) atoms. The second-order valence-corrected chi connectivity index (χ2v) is 9.43. The quantitative estimate of drug-likeness (QED) is 0.587. The number of alkyl halides is 3. The predicted octanol–water partition coefficient (Wildman–Crippen LogP) is 2.12. The fraction of sp³-hybridized carbons (Fsp3) is 0.842. The highest BCUT2D eigenvalue weighted by atomic mass is 19.4. The highest BCUT2D eigenvalue weighted by Crippen LogP contribution is 2.57. The molecule has 11 heteroatoms. The number of carbonyl (C=O) groups excluding carboxylic acids is 3. The average Bonchev–Trinajstić information content (AvgIpc) is 3.38. The Bertz CT molecular complexity index is 699. The van der Waals surface area contributed by atoms with Gasteiger partial charge in [0.15, 0.2) is 0 Å². The van der Waals surface area contributed by atoms with Crippen molar-refractivity contribution in [3.8, 4) is 0 Å². The Balaban J connectivity index is 1.97. The smallest absolute Gasteiger partial charge is 0.426 e. The van der Waals surface area contributed by atoms with Crippen LogP contribution in [0.3, 0.4) is 0 Å². The van der Waals surface area contributed by atoms with Crippen molar-refractivity contribution in [2.75, 3.05) is 13.1 Å². The van der Waals surface area contributed by atoms with Crippen molar-refractivity contribution in [2.24, 2.45) is 17.3 Å². The number of likely N-dealkylation sites (tertiary alicyclic amines) is 1. The Hall–Kier alpha value is -2.04. The van der Waals surface area contributed by atoms with Gasteiger partial charge >= 0.3 is 12.3 Å². The Kier molecular flexibility index (Phi) is 6.38. The van der Waals surface area contributed by atoms with Gasteiger partial charge in [0.2, 0.25) is 11.5 Å². The summed E-state index contributed by atoms with van der Waals surface area (Å²) in [5, 5.41) is 9.65. The molecule has 2 unspecified atom stereocenters. The Morgan fingerprint density at radius 3 is 2.10 bits per heavy atom. The van der Waals surface area contributed by atoms with Gasteiger partial charge in [-0.3, -0.25) is 15.0 Å². The molecule has 2 rings (SSSR count). The average molecular weight is 437 g/mol. The molecule has 3 amide bonds. The van der Waals surface area contributed by atoms with E-state index in [9.17, 15) is 32.7 Å². The van der Waals surface area contributed by atoms with Gasteiger partial charge in [-0.15, -0.1) is 0 Å². The number of aliphatic hydroxyl groups is 1.